The first kappa shape index (κ1) is 20.6. The van der Waals surface area contributed by atoms with E-state index in [1.807, 2.05) is 6.07 Å². The SMILES string of the molecule is O=C(NC1CCN(C(=O)c2cc(Cl)nc(N3CCCC3)c2)CC1)c1ccccc1F. The number of likely N-dealkylation sites (tertiary alicyclic amines) is 1. The lowest BCUT2D eigenvalue weighted by Crippen LogP contribution is -2.46. The molecule has 1 aromatic carbocycles. The van der Waals surface area contributed by atoms with Crippen molar-refractivity contribution in [3.8, 4) is 0 Å². The third kappa shape index (κ3) is 4.56. The standard InChI is InChI=1S/C22H24ClFN4O2/c23-19-13-15(14-20(26-19)27-9-3-4-10-27)22(30)28-11-7-16(8-12-28)25-21(29)17-5-1-2-6-18(17)24/h1-2,5-6,13-14,16H,3-4,7-12H2,(H,25,29). The molecule has 4 rings (SSSR count). The van der Waals surface area contributed by atoms with E-state index in [2.05, 4.69) is 15.2 Å². The van der Waals surface area contributed by atoms with Crippen molar-refractivity contribution >= 4 is 29.2 Å². The van der Waals surface area contributed by atoms with Crippen LogP contribution in [0.2, 0.25) is 5.15 Å². The molecule has 2 fully saturated rings. The van der Waals surface area contributed by atoms with Gasteiger partial charge in [-0.25, -0.2) is 9.37 Å². The van der Waals surface area contributed by atoms with Gasteiger partial charge < -0.3 is 15.1 Å². The molecular weight excluding hydrogens is 407 g/mol. The Bertz CT molecular complexity index is 940. The summed E-state index contributed by atoms with van der Waals surface area (Å²) in [6.45, 7) is 2.88. The summed E-state index contributed by atoms with van der Waals surface area (Å²) in [7, 11) is 0. The zero-order valence-electron chi connectivity index (χ0n) is 16.6. The lowest BCUT2D eigenvalue weighted by Gasteiger charge is -2.32. The molecule has 6 nitrogen and oxygen atoms in total. The van der Waals surface area contributed by atoms with Crippen molar-refractivity contribution in [2.24, 2.45) is 0 Å². The largest absolute Gasteiger partial charge is 0.357 e. The lowest BCUT2D eigenvalue weighted by molar-refractivity contribution is 0.0697. The number of hydrogen-bond acceptors (Lipinski definition) is 4. The average Bonchev–Trinajstić information content (AvgIpc) is 3.29. The average molecular weight is 431 g/mol. The molecule has 2 saturated heterocycles. The molecule has 0 unspecified atom stereocenters. The molecule has 2 aliphatic heterocycles. The maximum atomic E-state index is 13.8. The van der Waals surface area contributed by atoms with Crippen molar-refractivity contribution in [2.45, 2.75) is 31.7 Å². The summed E-state index contributed by atoms with van der Waals surface area (Å²) < 4.78 is 13.8. The van der Waals surface area contributed by atoms with Gasteiger partial charge in [-0.3, -0.25) is 9.59 Å². The Morgan fingerprint density at radius 2 is 1.77 bits per heavy atom. The molecule has 30 heavy (non-hydrogen) atoms. The third-order valence-corrected chi connectivity index (χ3v) is 5.89. The summed E-state index contributed by atoms with van der Waals surface area (Å²) in [6.07, 6.45) is 3.46. The molecule has 2 aromatic rings. The van der Waals surface area contributed by atoms with Gasteiger partial charge in [-0.05, 0) is 49.9 Å². The fourth-order valence-corrected chi connectivity index (χ4v) is 4.24. The maximum absolute atomic E-state index is 13.8. The molecule has 1 N–H and O–H groups in total. The van der Waals surface area contributed by atoms with Crippen LogP contribution in [0.4, 0.5) is 10.2 Å². The minimum absolute atomic E-state index is 0.0388. The Balaban J connectivity index is 1.36. The smallest absolute Gasteiger partial charge is 0.254 e. The highest BCUT2D eigenvalue weighted by Crippen LogP contribution is 2.24. The van der Waals surface area contributed by atoms with Gasteiger partial charge in [0.1, 0.15) is 16.8 Å². The van der Waals surface area contributed by atoms with Crippen LogP contribution in [0.5, 0.6) is 0 Å². The summed E-state index contributed by atoms with van der Waals surface area (Å²) in [4.78, 5) is 33.6. The molecule has 0 radical (unpaired) electrons. The van der Waals surface area contributed by atoms with Crippen LogP contribution in [0, 0.1) is 5.82 Å². The number of nitrogens with zero attached hydrogens (tertiary/aromatic N) is 3. The van der Waals surface area contributed by atoms with E-state index in [4.69, 9.17) is 11.6 Å². The molecule has 2 aliphatic rings. The van der Waals surface area contributed by atoms with Crippen LogP contribution in [0.25, 0.3) is 0 Å². The van der Waals surface area contributed by atoms with Crippen LogP contribution in [0.1, 0.15) is 46.4 Å². The van der Waals surface area contributed by atoms with Gasteiger partial charge in [0.25, 0.3) is 11.8 Å². The minimum Gasteiger partial charge on any atom is -0.357 e. The quantitative estimate of drug-likeness (QED) is 0.754. The second-order valence-electron chi connectivity index (χ2n) is 7.75. The fraction of sp³-hybridized carbons (Fsp3) is 0.409. The minimum atomic E-state index is -0.536. The van der Waals surface area contributed by atoms with E-state index in [0.717, 1.165) is 31.7 Å². The van der Waals surface area contributed by atoms with Gasteiger partial charge in [0.2, 0.25) is 0 Å². The lowest BCUT2D eigenvalue weighted by atomic mass is 10.0. The Labute approximate surface area is 180 Å². The van der Waals surface area contributed by atoms with Crippen molar-refractivity contribution in [1.29, 1.82) is 0 Å². The van der Waals surface area contributed by atoms with Crippen LogP contribution in [0.3, 0.4) is 0 Å². The number of carbonyl (C=O) groups excluding carboxylic acids is 2. The van der Waals surface area contributed by atoms with E-state index in [-0.39, 0.29) is 17.5 Å². The van der Waals surface area contributed by atoms with Gasteiger partial charge in [-0.15, -0.1) is 0 Å². The van der Waals surface area contributed by atoms with Crippen LogP contribution < -0.4 is 10.2 Å². The normalized spacial score (nSPS) is 17.3. The number of piperidine rings is 1. The van der Waals surface area contributed by atoms with E-state index in [1.54, 1.807) is 23.1 Å². The number of nitrogens with one attached hydrogen (secondary N) is 1. The molecule has 0 aliphatic carbocycles. The predicted octanol–water partition coefficient (Wildman–Crippen LogP) is 3.51. The Hall–Kier alpha value is -2.67. The number of hydrogen-bond donors (Lipinski definition) is 1. The molecule has 2 amide bonds. The molecule has 158 valence electrons. The zero-order valence-corrected chi connectivity index (χ0v) is 17.4. The molecule has 0 spiro atoms. The van der Waals surface area contributed by atoms with Crippen LogP contribution >= 0.6 is 11.6 Å². The van der Waals surface area contributed by atoms with Crippen molar-refractivity contribution in [1.82, 2.24) is 15.2 Å². The molecule has 0 saturated carbocycles. The Kier molecular flexibility index (Phi) is 6.18. The number of anilines is 1. The van der Waals surface area contributed by atoms with E-state index < -0.39 is 11.7 Å². The zero-order chi connectivity index (χ0) is 21.1. The van der Waals surface area contributed by atoms with Gasteiger partial charge in [0.05, 0.1) is 5.56 Å². The molecule has 8 heteroatoms. The monoisotopic (exact) mass is 430 g/mol. The van der Waals surface area contributed by atoms with Gasteiger partial charge in [-0.1, -0.05) is 23.7 Å². The second kappa shape index (κ2) is 9.00. The molecule has 0 bridgehead atoms. The molecule has 0 atom stereocenters. The first-order chi connectivity index (χ1) is 14.5. The van der Waals surface area contributed by atoms with E-state index in [1.165, 1.54) is 12.1 Å². The van der Waals surface area contributed by atoms with Crippen molar-refractivity contribution in [3.05, 3.63) is 58.5 Å². The number of aromatic nitrogens is 1. The summed E-state index contributed by atoms with van der Waals surface area (Å²) >= 11 is 6.18. The number of benzene rings is 1. The van der Waals surface area contributed by atoms with Gasteiger partial charge in [-0.2, -0.15) is 0 Å². The number of halogens is 2. The number of amides is 2. The molecule has 3 heterocycles. The summed E-state index contributed by atoms with van der Waals surface area (Å²) in [5, 5.41) is 3.19. The van der Waals surface area contributed by atoms with Gasteiger partial charge in [0.15, 0.2) is 0 Å². The number of carbonyl (C=O) groups is 2. The summed E-state index contributed by atoms with van der Waals surface area (Å²) in [5.41, 5.74) is 0.572. The van der Waals surface area contributed by atoms with Gasteiger partial charge >= 0.3 is 0 Å². The van der Waals surface area contributed by atoms with Crippen molar-refractivity contribution in [2.75, 3.05) is 31.1 Å². The van der Waals surface area contributed by atoms with Crippen molar-refractivity contribution < 1.29 is 14.0 Å². The topological polar surface area (TPSA) is 65.5 Å². The highest BCUT2D eigenvalue weighted by molar-refractivity contribution is 6.29. The summed E-state index contributed by atoms with van der Waals surface area (Å²) in [5.74, 6) is -0.297. The third-order valence-electron chi connectivity index (χ3n) is 5.69. The van der Waals surface area contributed by atoms with Crippen LogP contribution in [0.15, 0.2) is 36.4 Å². The van der Waals surface area contributed by atoms with E-state index in [0.29, 0.717) is 36.6 Å². The van der Waals surface area contributed by atoms with E-state index >= 15 is 0 Å². The molecule has 1 aromatic heterocycles. The summed E-state index contributed by atoms with van der Waals surface area (Å²) in [6, 6.07) is 9.25. The number of pyridine rings is 1. The highest BCUT2D eigenvalue weighted by Gasteiger charge is 2.26. The van der Waals surface area contributed by atoms with E-state index in [9.17, 15) is 14.0 Å². The fourth-order valence-electron chi connectivity index (χ4n) is 4.03. The predicted molar refractivity (Wildman–Crippen MR) is 113 cm³/mol. The number of rotatable bonds is 4. The second-order valence-corrected chi connectivity index (χ2v) is 8.14. The molecular formula is C22H24ClFN4O2. The maximum Gasteiger partial charge on any atom is 0.254 e. The first-order valence-electron chi connectivity index (χ1n) is 10.3. The van der Waals surface area contributed by atoms with Crippen LogP contribution in [-0.4, -0.2) is 53.9 Å². The van der Waals surface area contributed by atoms with Crippen LogP contribution in [-0.2, 0) is 0 Å². The Morgan fingerprint density at radius 1 is 1.07 bits per heavy atom. The Morgan fingerprint density at radius 3 is 2.47 bits per heavy atom. The van der Waals surface area contributed by atoms with Crippen molar-refractivity contribution in [3.63, 3.8) is 0 Å². The highest BCUT2D eigenvalue weighted by atomic mass is 35.5. The first-order valence-corrected chi connectivity index (χ1v) is 10.7. The van der Waals surface area contributed by atoms with Gasteiger partial charge in [0, 0.05) is 37.8 Å².